The van der Waals surface area contributed by atoms with Crippen molar-refractivity contribution < 1.29 is 0 Å². The van der Waals surface area contributed by atoms with Crippen LogP contribution in [0.25, 0.3) is 0 Å². The second-order valence-electron chi connectivity index (χ2n) is 5.60. The largest absolute Gasteiger partial charge is 0.314 e. The molecule has 18 heavy (non-hydrogen) atoms. The van der Waals surface area contributed by atoms with Crippen molar-refractivity contribution in [3.8, 4) is 0 Å². The number of rotatable bonds is 9. The van der Waals surface area contributed by atoms with Crippen LogP contribution in [0.15, 0.2) is 30.3 Å². The van der Waals surface area contributed by atoms with Crippen LogP contribution >= 0.6 is 0 Å². The fourth-order valence-corrected chi connectivity index (χ4v) is 2.40. The van der Waals surface area contributed by atoms with E-state index in [0.29, 0.717) is 6.04 Å². The summed E-state index contributed by atoms with van der Waals surface area (Å²) in [5.74, 6) is 0.848. The van der Waals surface area contributed by atoms with Crippen molar-refractivity contribution in [1.29, 1.82) is 0 Å². The van der Waals surface area contributed by atoms with Crippen LogP contribution in [0.4, 0.5) is 0 Å². The lowest BCUT2D eigenvalue weighted by Gasteiger charge is -2.18. The maximum atomic E-state index is 3.58. The van der Waals surface area contributed by atoms with Gasteiger partial charge >= 0.3 is 0 Å². The van der Waals surface area contributed by atoms with Gasteiger partial charge in [0.1, 0.15) is 0 Å². The van der Waals surface area contributed by atoms with E-state index in [4.69, 9.17) is 0 Å². The molecule has 0 aliphatic rings. The normalized spacial score (nSPS) is 12.9. The van der Waals surface area contributed by atoms with Gasteiger partial charge in [0.15, 0.2) is 0 Å². The van der Waals surface area contributed by atoms with E-state index in [9.17, 15) is 0 Å². The van der Waals surface area contributed by atoms with Gasteiger partial charge in [-0.15, -0.1) is 0 Å². The van der Waals surface area contributed by atoms with E-state index in [1.165, 1.54) is 44.2 Å². The molecule has 1 N–H and O–H groups in total. The third kappa shape index (κ3) is 6.80. The Morgan fingerprint density at radius 1 is 1.06 bits per heavy atom. The molecule has 0 amide bonds. The van der Waals surface area contributed by atoms with Crippen molar-refractivity contribution in [3.63, 3.8) is 0 Å². The lowest BCUT2D eigenvalue weighted by atomic mass is 9.95. The van der Waals surface area contributed by atoms with Crippen LogP contribution in [0.3, 0.4) is 0 Å². The average Bonchev–Trinajstić information content (AvgIpc) is 2.37. The standard InChI is InChI=1S/C17H29N/c1-4-9-17(14-18-15(2)3)13-8-12-16-10-6-5-7-11-16/h5-7,10-11,15,17-18H,4,8-9,12-14H2,1-3H3. The summed E-state index contributed by atoms with van der Waals surface area (Å²) >= 11 is 0. The maximum absolute atomic E-state index is 3.58. The third-order valence-corrected chi connectivity index (χ3v) is 3.43. The quantitative estimate of drug-likeness (QED) is 0.681. The molecule has 1 atom stereocenters. The Balaban J connectivity index is 2.24. The molecule has 102 valence electrons. The average molecular weight is 247 g/mol. The highest BCUT2D eigenvalue weighted by molar-refractivity contribution is 5.14. The predicted octanol–water partition coefficient (Wildman–Crippen LogP) is 4.42. The number of hydrogen-bond donors (Lipinski definition) is 1. The van der Waals surface area contributed by atoms with Crippen molar-refractivity contribution >= 4 is 0 Å². The monoisotopic (exact) mass is 247 g/mol. The summed E-state index contributed by atoms with van der Waals surface area (Å²) in [5.41, 5.74) is 1.48. The van der Waals surface area contributed by atoms with E-state index < -0.39 is 0 Å². The minimum atomic E-state index is 0.610. The molecule has 1 aromatic carbocycles. The molecular weight excluding hydrogens is 218 g/mol. The molecule has 0 fully saturated rings. The van der Waals surface area contributed by atoms with Crippen LogP contribution in [-0.4, -0.2) is 12.6 Å². The molecule has 0 radical (unpaired) electrons. The molecule has 1 unspecified atom stereocenters. The van der Waals surface area contributed by atoms with Crippen molar-refractivity contribution in [2.24, 2.45) is 5.92 Å². The fourth-order valence-electron chi connectivity index (χ4n) is 2.40. The highest BCUT2D eigenvalue weighted by Gasteiger charge is 2.08. The molecule has 1 heteroatoms. The molecule has 0 bridgehead atoms. The summed E-state index contributed by atoms with van der Waals surface area (Å²) in [7, 11) is 0. The third-order valence-electron chi connectivity index (χ3n) is 3.43. The van der Waals surface area contributed by atoms with Crippen LogP contribution < -0.4 is 5.32 Å². The molecule has 0 aliphatic heterocycles. The zero-order chi connectivity index (χ0) is 13.2. The van der Waals surface area contributed by atoms with E-state index in [-0.39, 0.29) is 0 Å². The molecule has 0 aromatic heterocycles. The SMILES string of the molecule is CCCC(CCCc1ccccc1)CNC(C)C. The van der Waals surface area contributed by atoms with Crippen molar-refractivity contribution in [2.45, 2.75) is 58.9 Å². The molecule has 0 spiro atoms. The summed E-state index contributed by atoms with van der Waals surface area (Å²) in [5, 5.41) is 3.58. The Labute approximate surface area is 113 Å². The van der Waals surface area contributed by atoms with Crippen LogP contribution in [0, 0.1) is 5.92 Å². The van der Waals surface area contributed by atoms with Gasteiger partial charge in [-0.2, -0.15) is 0 Å². The summed E-state index contributed by atoms with van der Waals surface area (Å²) in [6, 6.07) is 11.5. The van der Waals surface area contributed by atoms with Gasteiger partial charge in [-0.3, -0.25) is 0 Å². The van der Waals surface area contributed by atoms with Gasteiger partial charge in [0.2, 0.25) is 0 Å². The minimum Gasteiger partial charge on any atom is -0.314 e. The molecule has 0 aliphatic carbocycles. The van der Waals surface area contributed by atoms with Crippen LogP contribution in [-0.2, 0) is 6.42 Å². The topological polar surface area (TPSA) is 12.0 Å². The Morgan fingerprint density at radius 3 is 2.39 bits per heavy atom. The maximum Gasteiger partial charge on any atom is 0.00104 e. The Hall–Kier alpha value is -0.820. The second kappa shape index (κ2) is 9.16. The van der Waals surface area contributed by atoms with Crippen LogP contribution in [0.5, 0.6) is 0 Å². The van der Waals surface area contributed by atoms with Crippen LogP contribution in [0.1, 0.15) is 52.0 Å². The van der Waals surface area contributed by atoms with Crippen molar-refractivity contribution in [2.75, 3.05) is 6.54 Å². The number of nitrogens with one attached hydrogen (secondary N) is 1. The van der Waals surface area contributed by atoms with E-state index in [1.807, 2.05) is 0 Å². The first-order chi connectivity index (χ1) is 8.72. The van der Waals surface area contributed by atoms with E-state index in [0.717, 1.165) is 5.92 Å². The van der Waals surface area contributed by atoms with Gasteiger partial charge in [0.25, 0.3) is 0 Å². The summed E-state index contributed by atoms with van der Waals surface area (Å²) in [4.78, 5) is 0. The van der Waals surface area contributed by atoms with Gasteiger partial charge in [-0.05, 0) is 43.7 Å². The molecule has 0 saturated heterocycles. The lowest BCUT2D eigenvalue weighted by molar-refractivity contribution is 0.389. The minimum absolute atomic E-state index is 0.610. The van der Waals surface area contributed by atoms with E-state index in [2.05, 4.69) is 56.4 Å². The zero-order valence-electron chi connectivity index (χ0n) is 12.3. The van der Waals surface area contributed by atoms with Gasteiger partial charge in [0.05, 0.1) is 0 Å². The predicted molar refractivity (Wildman–Crippen MR) is 80.9 cm³/mol. The Morgan fingerprint density at radius 2 is 1.78 bits per heavy atom. The number of aryl methyl sites for hydroxylation is 1. The first-order valence-electron chi connectivity index (χ1n) is 7.49. The number of benzene rings is 1. The van der Waals surface area contributed by atoms with Gasteiger partial charge in [-0.1, -0.05) is 57.5 Å². The summed E-state index contributed by atoms with van der Waals surface area (Å²) in [6.07, 6.45) is 6.55. The number of hydrogen-bond acceptors (Lipinski definition) is 1. The highest BCUT2D eigenvalue weighted by atomic mass is 14.9. The van der Waals surface area contributed by atoms with Gasteiger partial charge in [0, 0.05) is 6.04 Å². The van der Waals surface area contributed by atoms with Gasteiger partial charge < -0.3 is 5.32 Å². The van der Waals surface area contributed by atoms with Gasteiger partial charge in [-0.25, -0.2) is 0 Å². The van der Waals surface area contributed by atoms with Crippen molar-refractivity contribution in [1.82, 2.24) is 5.32 Å². The Kier molecular flexibility index (Phi) is 7.75. The summed E-state index contributed by atoms with van der Waals surface area (Å²) < 4.78 is 0. The smallest absolute Gasteiger partial charge is 0.00104 e. The van der Waals surface area contributed by atoms with E-state index >= 15 is 0 Å². The lowest BCUT2D eigenvalue weighted by Crippen LogP contribution is -2.29. The molecule has 0 heterocycles. The first-order valence-corrected chi connectivity index (χ1v) is 7.49. The fraction of sp³-hybridized carbons (Fsp3) is 0.647. The Bertz CT molecular complexity index is 292. The van der Waals surface area contributed by atoms with Crippen molar-refractivity contribution in [3.05, 3.63) is 35.9 Å². The zero-order valence-corrected chi connectivity index (χ0v) is 12.3. The van der Waals surface area contributed by atoms with E-state index in [1.54, 1.807) is 0 Å². The molecule has 1 nitrogen and oxygen atoms in total. The molecule has 0 saturated carbocycles. The molecule has 1 rings (SSSR count). The highest BCUT2D eigenvalue weighted by Crippen LogP contribution is 2.15. The second-order valence-corrected chi connectivity index (χ2v) is 5.60. The summed E-state index contributed by atoms with van der Waals surface area (Å²) in [6.45, 7) is 7.93. The molecule has 1 aromatic rings. The first kappa shape index (κ1) is 15.2. The van der Waals surface area contributed by atoms with Crippen LogP contribution in [0.2, 0.25) is 0 Å². The molecular formula is C17H29N.